The fourth-order valence-corrected chi connectivity index (χ4v) is 3.41. The molecule has 21 heavy (non-hydrogen) atoms. The molecule has 0 aliphatic heterocycles. The molecule has 0 aliphatic rings. The molecule has 3 aromatic heterocycles. The van der Waals surface area contributed by atoms with Crippen molar-refractivity contribution < 1.29 is 5.11 Å². The maximum absolute atomic E-state index is 8.99. The fourth-order valence-electron chi connectivity index (χ4n) is 2.26. The smallest absolute Gasteiger partial charge is 0.126 e. The third-order valence-corrected chi connectivity index (χ3v) is 4.49. The lowest BCUT2D eigenvalue weighted by Gasteiger charge is -2.19. The van der Waals surface area contributed by atoms with Crippen LogP contribution in [0.25, 0.3) is 20.8 Å². The Morgan fingerprint density at radius 1 is 1.43 bits per heavy atom. The second-order valence-electron chi connectivity index (χ2n) is 4.86. The predicted octanol–water partition coefficient (Wildman–Crippen LogP) is 2.09. The largest absolute Gasteiger partial charge is 0.396 e. The van der Waals surface area contributed by atoms with Gasteiger partial charge < -0.3 is 15.7 Å². The highest BCUT2D eigenvalue weighted by atomic mass is 32.1. The summed E-state index contributed by atoms with van der Waals surface area (Å²) in [7, 11) is 2.00. The summed E-state index contributed by atoms with van der Waals surface area (Å²) in [6.45, 7) is 0.949. The van der Waals surface area contributed by atoms with Crippen LogP contribution in [-0.2, 0) is 0 Å². The Bertz CT molecular complexity index is 737. The van der Waals surface area contributed by atoms with E-state index in [0.717, 1.165) is 39.4 Å². The molecule has 3 rings (SSSR count). The Morgan fingerprint density at radius 2 is 2.29 bits per heavy atom. The monoisotopic (exact) mass is 303 g/mol. The summed E-state index contributed by atoms with van der Waals surface area (Å²) < 4.78 is 1.09. The number of anilines is 2. The summed E-state index contributed by atoms with van der Waals surface area (Å²) in [5.41, 5.74) is 8.82. The molecule has 6 nitrogen and oxygen atoms in total. The van der Waals surface area contributed by atoms with E-state index in [9.17, 15) is 0 Å². The summed E-state index contributed by atoms with van der Waals surface area (Å²) in [6, 6.07) is 5.84. The Kier molecular flexibility index (Phi) is 3.76. The summed E-state index contributed by atoms with van der Waals surface area (Å²) in [4.78, 5) is 7.59. The molecular formula is C14H17N5OS. The number of nitrogen functional groups attached to an aromatic ring is 1. The van der Waals surface area contributed by atoms with Gasteiger partial charge in [-0.15, -0.1) is 11.3 Å². The zero-order chi connectivity index (χ0) is 14.8. The molecular weight excluding hydrogens is 286 g/mol. The lowest BCUT2D eigenvalue weighted by Crippen LogP contribution is -2.19. The van der Waals surface area contributed by atoms with Crippen molar-refractivity contribution in [1.29, 1.82) is 0 Å². The minimum atomic E-state index is 0.178. The number of nitrogens with one attached hydrogen (secondary N) is 1. The van der Waals surface area contributed by atoms with E-state index in [1.54, 1.807) is 17.5 Å². The molecule has 0 spiro atoms. The first-order chi connectivity index (χ1) is 10.2. The molecule has 4 N–H and O–H groups in total. The topological polar surface area (TPSA) is 91.1 Å². The van der Waals surface area contributed by atoms with E-state index in [1.807, 2.05) is 25.2 Å². The van der Waals surface area contributed by atoms with Crippen molar-refractivity contribution in [1.82, 2.24) is 15.2 Å². The maximum atomic E-state index is 8.99. The average molecular weight is 303 g/mol. The third kappa shape index (κ3) is 2.70. The van der Waals surface area contributed by atoms with Crippen LogP contribution in [0, 0.1) is 0 Å². The number of aliphatic hydroxyl groups is 1. The number of hydrogen-bond donors (Lipinski definition) is 3. The number of aromatic nitrogens is 3. The van der Waals surface area contributed by atoms with E-state index in [4.69, 9.17) is 10.8 Å². The van der Waals surface area contributed by atoms with Crippen LogP contribution in [0.5, 0.6) is 0 Å². The molecule has 0 saturated carbocycles. The number of hydrogen-bond acceptors (Lipinski definition) is 6. The Balaban J connectivity index is 2.07. The summed E-state index contributed by atoms with van der Waals surface area (Å²) in [6.07, 6.45) is 2.45. The highest BCUT2D eigenvalue weighted by Gasteiger charge is 2.14. The van der Waals surface area contributed by atoms with Crippen molar-refractivity contribution in [2.45, 2.75) is 6.42 Å². The Morgan fingerprint density at radius 3 is 3.00 bits per heavy atom. The van der Waals surface area contributed by atoms with Gasteiger partial charge in [-0.3, -0.25) is 5.10 Å². The van der Waals surface area contributed by atoms with Gasteiger partial charge in [0.1, 0.15) is 5.82 Å². The Labute approximate surface area is 126 Å². The van der Waals surface area contributed by atoms with Gasteiger partial charge in [0.15, 0.2) is 0 Å². The SMILES string of the molecule is CN(CCCO)c1cc(N)nc2cc(-c3ccn[nH]3)sc12. The van der Waals surface area contributed by atoms with Crippen molar-refractivity contribution in [2.24, 2.45) is 0 Å². The quantitative estimate of drug-likeness (QED) is 0.671. The van der Waals surface area contributed by atoms with Crippen LogP contribution in [0.3, 0.4) is 0 Å². The first-order valence-corrected chi connectivity index (χ1v) is 7.52. The number of fused-ring (bicyclic) bond motifs is 1. The fraction of sp³-hybridized carbons (Fsp3) is 0.286. The third-order valence-electron chi connectivity index (χ3n) is 3.31. The summed E-state index contributed by atoms with van der Waals surface area (Å²) in [5, 5.41) is 15.9. The van der Waals surface area contributed by atoms with E-state index < -0.39 is 0 Å². The number of aliphatic hydroxyl groups excluding tert-OH is 1. The van der Waals surface area contributed by atoms with Gasteiger partial charge in [0, 0.05) is 32.5 Å². The number of pyridine rings is 1. The van der Waals surface area contributed by atoms with Gasteiger partial charge >= 0.3 is 0 Å². The predicted molar refractivity (Wildman–Crippen MR) is 86.6 cm³/mol. The first-order valence-electron chi connectivity index (χ1n) is 6.71. The molecule has 0 aliphatic carbocycles. The van der Waals surface area contributed by atoms with Crippen LogP contribution < -0.4 is 10.6 Å². The normalized spacial score (nSPS) is 11.1. The highest BCUT2D eigenvalue weighted by Crippen LogP contribution is 2.38. The van der Waals surface area contributed by atoms with Gasteiger partial charge in [-0.05, 0) is 18.6 Å². The average Bonchev–Trinajstić information content (AvgIpc) is 3.11. The van der Waals surface area contributed by atoms with Crippen LogP contribution in [0.1, 0.15) is 6.42 Å². The zero-order valence-corrected chi connectivity index (χ0v) is 12.5. The zero-order valence-electron chi connectivity index (χ0n) is 11.7. The van der Waals surface area contributed by atoms with E-state index in [0.29, 0.717) is 5.82 Å². The van der Waals surface area contributed by atoms with E-state index in [2.05, 4.69) is 20.1 Å². The number of H-pyrrole nitrogens is 1. The highest BCUT2D eigenvalue weighted by molar-refractivity contribution is 7.22. The van der Waals surface area contributed by atoms with Gasteiger partial charge in [0.05, 0.1) is 26.5 Å². The van der Waals surface area contributed by atoms with Crippen LogP contribution in [0.4, 0.5) is 11.5 Å². The summed E-state index contributed by atoms with van der Waals surface area (Å²) in [5.74, 6) is 0.502. The van der Waals surface area contributed by atoms with Gasteiger partial charge in [0.25, 0.3) is 0 Å². The molecule has 3 heterocycles. The van der Waals surface area contributed by atoms with Crippen LogP contribution >= 0.6 is 11.3 Å². The van der Waals surface area contributed by atoms with Crippen LogP contribution in [0.15, 0.2) is 24.4 Å². The van der Waals surface area contributed by atoms with Gasteiger partial charge in [-0.1, -0.05) is 0 Å². The number of nitrogens with zero attached hydrogens (tertiary/aromatic N) is 3. The molecule has 0 unspecified atom stereocenters. The molecule has 0 saturated heterocycles. The lowest BCUT2D eigenvalue weighted by molar-refractivity contribution is 0.290. The van der Waals surface area contributed by atoms with E-state index in [-0.39, 0.29) is 6.61 Å². The molecule has 0 fully saturated rings. The second-order valence-corrected chi connectivity index (χ2v) is 5.91. The lowest BCUT2D eigenvalue weighted by atomic mass is 10.2. The van der Waals surface area contributed by atoms with Gasteiger partial charge in [-0.25, -0.2) is 4.98 Å². The standard InChI is InChI=1S/C14H17N5OS/c1-19(5-2-6-20)11-8-13(15)17-10-7-12(21-14(10)11)9-3-4-16-18-9/h3-4,7-8,20H,2,5-6H2,1H3,(H2,15,17)(H,16,18). The minimum absolute atomic E-state index is 0.178. The van der Waals surface area contributed by atoms with E-state index in [1.165, 1.54) is 0 Å². The molecule has 0 aromatic carbocycles. The molecule has 3 aromatic rings. The van der Waals surface area contributed by atoms with E-state index >= 15 is 0 Å². The number of nitrogens with two attached hydrogens (primary N) is 1. The number of thiophene rings is 1. The van der Waals surface area contributed by atoms with Crippen molar-refractivity contribution in [2.75, 3.05) is 30.8 Å². The molecule has 0 bridgehead atoms. The maximum Gasteiger partial charge on any atom is 0.126 e. The van der Waals surface area contributed by atoms with Crippen molar-refractivity contribution in [3.8, 4) is 10.6 Å². The summed E-state index contributed by atoms with van der Waals surface area (Å²) >= 11 is 1.66. The van der Waals surface area contributed by atoms with Crippen molar-refractivity contribution in [3.63, 3.8) is 0 Å². The second kappa shape index (κ2) is 5.71. The first kappa shape index (κ1) is 13.8. The molecule has 0 atom stereocenters. The van der Waals surface area contributed by atoms with Gasteiger partial charge in [0.2, 0.25) is 0 Å². The number of aromatic amines is 1. The van der Waals surface area contributed by atoms with Crippen LogP contribution in [-0.4, -0.2) is 40.5 Å². The molecule has 0 amide bonds. The van der Waals surface area contributed by atoms with Crippen molar-refractivity contribution in [3.05, 3.63) is 24.4 Å². The molecule has 0 radical (unpaired) electrons. The van der Waals surface area contributed by atoms with Gasteiger partial charge in [-0.2, -0.15) is 5.10 Å². The molecule has 7 heteroatoms. The molecule has 110 valence electrons. The Hall–Kier alpha value is -2.12. The minimum Gasteiger partial charge on any atom is -0.396 e. The van der Waals surface area contributed by atoms with Crippen LogP contribution in [0.2, 0.25) is 0 Å². The van der Waals surface area contributed by atoms with Crippen molar-refractivity contribution >= 4 is 33.1 Å². The number of rotatable bonds is 5.